The standard InChI is InChI=1S/C11H15ClN2O/c12-9-3-4-10(14-6-9)11(13)8-2-1-5-15-7-8/h3-4,6,8,11H,1-2,5,7,13H2. The molecule has 1 saturated heterocycles. The first-order valence-electron chi connectivity index (χ1n) is 5.22. The van der Waals surface area contributed by atoms with Crippen molar-refractivity contribution >= 4 is 11.6 Å². The molecular weight excluding hydrogens is 212 g/mol. The number of pyridine rings is 1. The van der Waals surface area contributed by atoms with E-state index in [4.69, 9.17) is 22.1 Å². The zero-order chi connectivity index (χ0) is 10.7. The summed E-state index contributed by atoms with van der Waals surface area (Å²) < 4.78 is 5.41. The van der Waals surface area contributed by atoms with E-state index in [0.717, 1.165) is 31.7 Å². The molecule has 1 aliphatic heterocycles. The molecule has 2 unspecified atom stereocenters. The lowest BCUT2D eigenvalue weighted by Gasteiger charge is -2.27. The van der Waals surface area contributed by atoms with Crippen molar-refractivity contribution in [3.63, 3.8) is 0 Å². The molecule has 1 aromatic heterocycles. The van der Waals surface area contributed by atoms with Gasteiger partial charge in [-0.25, -0.2) is 0 Å². The topological polar surface area (TPSA) is 48.1 Å². The Hall–Kier alpha value is -0.640. The van der Waals surface area contributed by atoms with Crippen LogP contribution in [0.2, 0.25) is 5.02 Å². The minimum absolute atomic E-state index is 0.0393. The van der Waals surface area contributed by atoms with Gasteiger partial charge >= 0.3 is 0 Å². The van der Waals surface area contributed by atoms with Gasteiger partial charge in [-0.3, -0.25) is 4.98 Å². The summed E-state index contributed by atoms with van der Waals surface area (Å²) in [5.74, 6) is 0.382. The van der Waals surface area contributed by atoms with Gasteiger partial charge in [-0.2, -0.15) is 0 Å². The average molecular weight is 227 g/mol. The lowest BCUT2D eigenvalue weighted by Crippen LogP contribution is -2.29. The van der Waals surface area contributed by atoms with E-state index in [1.165, 1.54) is 0 Å². The second kappa shape index (κ2) is 4.92. The molecule has 0 aromatic carbocycles. The normalized spacial score (nSPS) is 23.7. The van der Waals surface area contributed by atoms with Gasteiger partial charge in [0.25, 0.3) is 0 Å². The first-order chi connectivity index (χ1) is 7.27. The predicted molar refractivity (Wildman–Crippen MR) is 59.7 cm³/mol. The molecule has 1 fully saturated rings. The third-order valence-corrected chi connectivity index (χ3v) is 3.02. The Morgan fingerprint density at radius 2 is 2.40 bits per heavy atom. The third-order valence-electron chi connectivity index (χ3n) is 2.80. The molecule has 15 heavy (non-hydrogen) atoms. The van der Waals surface area contributed by atoms with Crippen molar-refractivity contribution in [3.8, 4) is 0 Å². The van der Waals surface area contributed by atoms with Crippen molar-refractivity contribution in [3.05, 3.63) is 29.0 Å². The van der Waals surface area contributed by atoms with Crippen LogP contribution in [0.3, 0.4) is 0 Å². The van der Waals surface area contributed by atoms with Gasteiger partial charge in [-0.1, -0.05) is 11.6 Å². The average Bonchev–Trinajstić information content (AvgIpc) is 2.30. The molecule has 0 spiro atoms. The van der Waals surface area contributed by atoms with Gasteiger partial charge < -0.3 is 10.5 Å². The number of ether oxygens (including phenoxy) is 1. The molecule has 0 amide bonds. The van der Waals surface area contributed by atoms with Crippen molar-refractivity contribution in [2.24, 2.45) is 11.7 Å². The largest absolute Gasteiger partial charge is 0.381 e. The van der Waals surface area contributed by atoms with E-state index in [0.29, 0.717) is 10.9 Å². The van der Waals surface area contributed by atoms with Crippen LogP contribution < -0.4 is 5.73 Å². The maximum atomic E-state index is 6.13. The maximum Gasteiger partial charge on any atom is 0.0589 e. The smallest absolute Gasteiger partial charge is 0.0589 e. The van der Waals surface area contributed by atoms with Gasteiger partial charge in [-0.05, 0) is 25.0 Å². The van der Waals surface area contributed by atoms with Crippen molar-refractivity contribution < 1.29 is 4.74 Å². The van der Waals surface area contributed by atoms with Crippen LogP contribution in [-0.4, -0.2) is 18.2 Å². The molecule has 2 atom stereocenters. The molecular formula is C11H15ClN2O. The number of aromatic nitrogens is 1. The summed E-state index contributed by atoms with van der Waals surface area (Å²) in [6, 6.07) is 3.68. The number of hydrogen-bond acceptors (Lipinski definition) is 3. The van der Waals surface area contributed by atoms with Crippen LogP contribution in [0.15, 0.2) is 18.3 Å². The molecule has 2 heterocycles. The fourth-order valence-electron chi connectivity index (χ4n) is 1.87. The second-order valence-electron chi connectivity index (χ2n) is 3.90. The van der Waals surface area contributed by atoms with Crippen LogP contribution in [0.5, 0.6) is 0 Å². The number of nitrogens with zero attached hydrogens (tertiary/aromatic N) is 1. The van der Waals surface area contributed by atoms with E-state index in [2.05, 4.69) is 4.98 Å². The van der Waals surface area contributed by atoms with Gasteiger partial charge in [0.05, 0.1) is 23.4 Å². The molecule has 0 radical (unpaired) electrons. The van der Waals surface area contributed by atoms with E-state index < -0.39 is 0 Å². The molecule has 1 aromatic rings. The summed E-state index contributed by atoms with van der Waals surface area (Å²) in [6.45, 7) is 1.60. The van der Waals surface area contributed by atoms with E-state index in [1.807, 2.05) is 12.1 Å². The predicted octanol–water partition coefficient (Wildman–Crippen LogP) is 2.16. The van der Waals surface area contributed by atoms with Crippen LogP contribution in [0.25, 0.3) is 0 Å². The molecule has 1 aliphatic rings. The van der Waals surface area contributed by atoms with E-state index in [1.54, 1.807) is 6.20 Å². The van der Waals surface area contributed by atoms with E-state index in [9.17, 15) is 0 Å². The minimum Gasteiger partial charge on any atom is -0.381 e. The highest BCUT2D eigenvalue weighted by molar-refractivity contribution is 6.30. The van der Waals surface area contributed by atoms with Gasteiger partial charge in [0, 0.05) is 18.7 Å². The first kappa shape index (κ1) is 10.9. The fraction of sp³-hybridized carbons (Fsp3) is 0.545. The van der Waals surface area contributed by atoms with Gasteiger partial charge in [0.15, 0.2) is 0 Å². The Morgan fingerprint density at radius 3 is 3.00 bits per heavy atom. The quantitative estimate of drug-likeness (QED) is 0.841. The monoisotopic (exact) mass is 226 g/mol. The van der Waals surface area contributed by atoms with Crippen molar-refractivity contribution in [2.75, 3.05) is 13.2 Å². The highest BCUT2D eigenvalue weighted by atomic mass is 35.5. The van der Waals surface area contributed by atoms with Crippen molar-refractivity contribution in [1.82, 2.24) is 4.98 Å². The van der Waals surface area contributed by atoms with Gasteiger partial charge in [0.1, 0.15) is 0 Å². The summed E-state index contributed by atoms with van der Waals surface area (Å²) in [5, 5.41) is 0.644. The Morgan fingerprint density at radius 1 is 1.53 bits per heavy atom. The van der Waals surface area contributed by atoms with Crippen LogP contribution in [0.1, 0.15) is 24.6 Å². The molecule has 2 N–H and O–H groups in total. The first-order valence-corrected chi connectivity index (χ1v) is 5.60. The van der Waals surface area contributed by atoms with Gasteiger partial charge in [-0.15, -0.1) is 0 Å². The molecule has 4 heteroatoms. The van der Waals surface area contributed by atoms with Crippen LogP contribution in [-0.2, 0) is 4.74 Å². The summed E-state index contributed by atoms with van der Waals surface area (Å²) in [7, 11) is 0. The number of rotatable bonds is 2. The van der Waals surface area contributed by atoms with Gasteiger partial charge in [0.2, 0.25) is 0 Å². The lowest BCUT2D eigenvalue weighted by molar-refractivity contribution is 0.0442. The lowest BCUT2D eigenvalue weighted by atomic mass is 9.92. The SMILES string of the molecule is NC(c1ccc(Cl)cn1)C1CCCOC1. The van der Waals surface area contributed by atoms with Crippen molar-refractivity contribution in [1.29, 1.82) is 0 Å². The van der Waals surface area contributed by atoms with E-state index >= 15 is 0 Å². The number of halogens is 1. The van der Waals surface area contributed by atoms with E-state index in [-0.39, 0.29) is 6.04 Å². The Kier molecular flexibility index (Phi) is 3.57. The number of hydrogen-bond donors (Lipinski definition) is 1. The summed E-state index contributed by atoms with van der Waals surface area (Å²) in [4.78, 5) is 4.24. The Balaban J connectivity index is 2.05. The molecule has 2 rings (SSSR count). The zero-order valence-electron chi connectivity index (χ0n) is 8.53. The minimum atomic E-state index is -0.0393. The second-order valence-corrected chi connectivity index (χ2v) is 4.34. The fourth-order valence-corrected chi connectivity index (χ4v) is 1.99. The highest BCUT2D eigenvalue weighted by Gasteiger charge is 2.23. The summed E-state index contributed by atoms with van der Waals surface area (Å²) in [5.41, 5.74) is 7.03. The molecule has 0 saturated carbocycles. The number of nitrogens with two attached hydrogens (primary N) is 1. The molecule has 3 nitrogen and oxygen atoms in total. The highest BCUT2D eigenvalue weighted by Crippen LogP contribution is 2.25. The third kappa shape index (κ3) is 2.68. The Bertz CT molecular complexity index is 309. The molecule has 0 bridgehead atoms. The Labute approximate surface area is 94.6 Å². The summed E-state index contributed by atoms with van der Waals surface area (Å²) >= 11 is 5.77. The van der Waals surface area contributed by atoms with Crippen LogP contribution in [0.4, 0.5) is 0 Å². The molecule has 0 aliphatic carbocycles. The van der Waals surface area contributed by atoms with Crippen LogP contribution in [0, 0.1) is 5.92 Å². The maximum absolute atomic E-state index is 6.13. The summed E-state index contributed by atoms with van der Waals surface area (Å²) in [6.07, 6.45) is 3.85. The van der Waals surface area contributed by atoms with Crippen molar-refractivity contribution in [2.45, 2.75) is 18.9 Å². The van der Waals surface area contributed by atoms with Crippen LogP contribution >= 0.6 is 11.6 Å². The zero-order valence-corrected chi connectivity index (χ0v) is 9.28. The molecule has 82 valence electrons.